The Hall–Kier alpha value is -2.88. The van der Waals surface area contributed by atoms with Crippen LogP contribution in [0.5, 0.6) is 0 Å². The number of fused-ring (bicyclic) bond motifs is 1. The number of anilines is 1. The number of hydrogen-bond acceptors (Lipinski definition) is 2. The summed E-state index contributed by atoms with van der Waals surface area (Å²) < 4.78 is 2.00. The number of amides is 1. The highest BCUT2D eigenvalue weighted by atomic mass is 16.2. The lowest BCUT2D eigenvalue weighted by Gasteiger charge is -2.20. The number of benzene rings is 2. The fourth-order valence-corrected chi connectivity index (χ4v) is 3.59. The van der Waals surface area contributed by atoms with E-state index in [0.29, 0.717) is 6.54 Å². The van der Waals surface area contributed by atoms with E-state index in [4.69, 9.17) is 0 Å². The van der Waals surface area contributed by atoms with E-state index in [1.165, 1.54) is 5.56 Å². The molecule has 0 bridgehead atoms. The van der Waals surface area contributed by atoms with Crippen LogP contribution in [0, 0.1) is 13.8 Å². The second-order valence-corrected chi connectivity index (χ2v) is 7.63. The number of nitrogens with zero attached hydrogens (tertiary/aromatic N) is 3. The van der Waals surface area contributed by atoms with Gasteiger partial charge in [0.25, 0.3) is 0 Å². The maximum Gasteiger partial charge on any atom is 0.237 e. The Morgan fingerprint density at radius 3 is 2.42 bits per heavy atom. The first-order valence-corrected chi connectivity index (χ1v) is 8.89. The lowest BCUT2D eigenvalue weighted by molar-refractivity contribution is -0.122. The zero-order chi connectivity index (χ0) is 18.5. The molecule has 0 fully saturated rings. The second-order valence-electron chi connectivity index (χ2n) is 7.63. The van der Waals surface area contributed by atoms with Crippen LogP contribution in [-0.4, -0.2) is 15.5 Å². The van der Waals surface area contributed by atoms with Crippen LogP contribution >= 0.6 is 0 Å². The molecule has 0 atom stereocenters. The summed E-state index contributed by atoms with van der Waals surface area (Å²) in [4.78, 5) is 19.3. The fourth-order valence-electron chi connectivity index (χ4n) is 3.59. The van der Waals surface area contributed by atoms with Crippen molar-refractivity contribution in [3.63, 3.8) is 0 Å². The molecule has 0 spiro atoms. The molecular formula is C22H23N3O. The van der Waals surface area contributed by atoms with Gasteiger partial charge in [0, 0.05) is 11.9 Å². The zero-order valence-electron chi connectivity index (χ0n) is 15.7. The van der Waals surface area contributed by atoms with Crippen molar-refractivity contribution in [1.29, 1.82) is 0 Å². The van der Waals surface area contributed by atoms with E-state index in [2.05, 4.69) is 54.4 Å². The van der Waals surface area contributed by atoms with E-state index in [-0.39, 0.29) is 5.91 Å². The van der Waals surface area contributed by atoms with Crippen LogP contribution in [0.2, 0.25) is 0 Å². The predicted octanol–water partition coefficient (Wildman–Crippen LogP) is 4.31. The van der Waals surface area contributed by atoms with Gasteiger partial charge in [-0.25, -0.2) is 4.98 Å². The van der Waals surface area contributed by atoms with Gasteiger partial charge in [0.15, 0.2) is 0 Å². The van der Waals surface area contributed by atoms with E-state index in [0.717, 1.165) is 28.2 Å². The minimum atomic E-state index is -0.511. The summed E-state index contributed by atoms with van der Waals surface area (Å²) in [6, 6.07) is 14.6. The highest BCUT2D eigenvalue weighted by Crippen LogP contribution is 2.43. The summed E-state index contributed by atoms with van der Waals surface area (Å²) in [6.45, 7) is 8.64. The standard InChI is InChI=1S/C22H23N3O/c1-15-5-7-17(8-6-15)13-25-20-11-18(24-12-16(2)23-14-24)9-10-19(20)22(3,4)21(25)26/h5-12,14H,13H2,1-4H3. The predicted molar refractivity (Wildman–Crippen MR) is 104 cm³/mol. The third-order valence-electron chi connectivity index (χ3n) is 5.20. The minimum absolute atomic E-state index is 0.145. The topological polar surface area (TPSA) is 38.1 Å². The molecule has 132 valence electrons. The molecule has 1 amide bonds. The van der Waals surface area contributed by atoms with Gasteiger partial charge in [-0.15, -0.1) is 0 Å². The average molecular weight is 345 g/mol. The van der Waals surface area contributed by atoms with Gasteiger partial charge in [-0.2, -0.15) is 0 Å². The number of aromatic nitrogens is 2. The Balaban J connectivity index is 1.77. The summed E-state index contributed by atoms with van der Waals surface area (Å²) in [5.41, 5.74) is 5.90. The van der Waals surface area contributed by atoms with Crippen molar-refractivity contribution < 1.29 is 4.79 Å². The monoisotopic (exact) mass is 345 g/mol. The van der Waals surface area contributed by atoms with Gasteiger partial charge in [0.1, 0.15) is 0 Å². The molecule has 26 heavy (non-hydrogen) atoms. The number of imidazole rings is 1. The molecule has 0 N–H and O–H groups in total. The van der Waals surface area contributed by atoms with Crippen molar-refractivity contribution in [2.75, 3.05) is 4.90 Å². The van der Waals surface area contributed by atoms with Crippen molar-refractivity contribution >= 4 is 11.6 Å². The largest absolute Gasteiger partial charge is 0.307 e. The zero-order valence-corrected chi connectivity index (χ0v) is 15.7. The van der Waals surface area contributed by atoms with Gasteiger partial charge in [-0.1, -0.05) is 35.9 Å². The Labute approximate surface area is 154 Å². The molecule has 0 radical (unpaired) electrons. The van der Waals surface area contributed by atoms with E-state index < -0.39 is 5.41 Å². The van der Waals surface area contributed by atoms with Crippen molar-refractivity contribution in [3.05, 3.63) is 77.4 Å². The first kappa shape index (κ1) is 16.6. The maximum absolute atomic E-state index is 13.1. The van der Waals surface area contributed by atoms with Crippen LogP contribution in [0.25, 0.3) is 5.69 Å². The summed E-state index contributed by atoms with van der Waals surface area (Å²) in [6.07, 6.45) is 3.80. The molecule has 1 aliphatic rings. The number of carbonyl (C=O) groups is 1. The minimum Gasteiger partial charge on any atom is -0.307 e. The molecule has 4 nitrogen and oxygen atoms in total. The van der Waals surface area contributed by atoms with Gasteiger partial charge in [0.2, 0.25) is 5.91 Å². The molecule has 1 aromatic heterocycles. The normalized spacial score (nSPS) is 15.4. The Bertz CT molecular complexity index is 983. The maximum atomic E-state index is 13.1. The lowest BCUT2D eigenvalue weighted by atomic mass is 9.86. The first-order chi connectivity index (χ1) is 12.4. The highest BCUT2D eigenvalue weighted by molar-refractivity contribution is 6.07. The van der Waals surface area contributed by atoms with Crippen LogP contribution in [0.1, 0.15) is 36.2 Å². The SMILES string of the molecule is Cc1ccc(CN2C(=O)C(C)(C)c3ccc(-n4cnc(C)c4)cc32)cc1. The number of carbonyl (C=O) groups excluding carboxylic acids is 1. The number of rotatable bonds is 3. The van der Waals surface area contributed by atoms with E-state index in [9.17, 15) is 4.79 Å². The Morgan fingerprint density at radius 2 is 1.77 bits per heavy atom. The fraction of sp³-hybridized carbons (Fsp3) is 0.273. The molecular weight excluding hydrogens is 322 g/mol. The van der Waals surface area contributed by atoms with Gasteiger partial charge in [-0.05, 0) is 51.0 Å². The summed E-state index contributed by atoms with van der Waals surface area (Å²) in [5, 5.41) is 0. The summed E-state index contributed by atoms with van der Waals surface area (Å²) >= 11 is 0. The molecule has 2 heterocycles. The summed E-state index contributed by atoms with van der Waals surface area (Å²) in [7, 11) is 0. The summed E-state index contributed by atoms with van der Waals surface area (Å²) in [5.74, 6) is 0.145. The number of aryl methyl sites for hydroxylation is 2. The molecule has 0 aliphatic carbocycles. The third-order valence-corrected chi connectivity index (χ3v) is 5.20. The van der Waals surface area contributed by atoms with Gasteiger partial charge < -0.3 is 9.47 Å². The first-order valence-electron chi connectivity index (χ1n) is 8.89. The van der Waals surface area contributed by atoms with E-state index >= 15 is 0 Å². The molecule has 1 aliphatic heterocycles. The van der Waals surface area contributed by atoms with Crippen molar-refractivity contribution in [1.82, 2.24) is 9.55 Å². The van der Waals surface area contributed by atoms with Gasteiger partial charge >= 0.3 is 0 Å². The van der Waals surface area contributed by atoms with Crippen LogP contribution < -0.4 is 4.90 Å². The molecule has 2 aromatic carbocycles. The molecule has 4 heteroatoms. The average Bonchev–Trinajstić information content (AvgIpc) is 3.13. The highest BCUT2D eigenvalue weighted by Gasteiger charge is 2.43. The van der Waals surface area contributed by atoms with Crippen LogP contribution in [-0.2, 0) is 16.8 Å². The van der Waals surface area contributed by atoms with Crippen LogP contribution in [0.3, 0.4) is 0 Å². The Morgan fingerprint density at radius 1 is 1.04 bits per heavy atom. The van der Waals surface area contributed by atoms with Crippen molar-refractivity contribution in [2.45, 2.75) is 39.7 Å². The molecule has 0 saturated heterocycles. The number of hydrogen-bond donors (Lipinski definition) is 0. The quantitative estimate of drug-likeness (QED) is 0.709. The molecule has 4 rings (SSSR count). The van der Waals surface area contributed by atoms with Gasteiger partial charge in [-0.3, -0.25) is 4.79 Å². The van der Waals surface area contributed by atoms with Crippen molar-refractivity contribution in [3.8, 4) is 5.69 Å². The van der Waals surface area contributed by atoms with E-state index in [1.54, 1.807) is 0 Å². The van der Waals surface area contributed by atoms with E-state index in [1.807, 2.05) is 42.8 Å². The second kappa shape index (κ2) is 5.84. The third kappa shape index (κ3) is 2.62. The Kier molecular flexibility index (Phi) is 3.72. The molecule has 0 saturated carbocycles. The smallest absolute Gasteiger partial charge is 0.237 e. The molecule has 3 aromatic rings. The lowest BCUT2D eigenvalue weighted by Crippen LogP contribution is -2.35. The van der Waals surface area contributed by atoms with Gasteiger partial charge in [0.05, 0.1) is 29.7 Å². The molecule has 0 unspecified atom stereocenters. The van der Waals surface area contributed by atoms with Crippen LogP contribution in [0.15, 0.2) is 55.0 Å². The van der Waals surface area contributed by atoms with Crippen LogP contribution in [0.4, 0.5) is 5.69 Å². The van der Waals surface area contributed by atoms with Crippen molar-refractivity contribution in [2.24, 2.45) is 0 Å².